The Labute approximate surface area is 142 Å². The largest absolute Gasteiger partial charge is 0.497 e. The van der Waals surface area contributed by atoms with Crippen LogP contribution in [0.15, 0.2) is 29.4 Å². The van der Waals surface area contributed by atoms with Crippen molar-refractivity contribution in [1.29, 1.82) is 0 Å². The van der Waals surface area contributed by atoms with Gasteiger partial charge in [0.05, 0.1) is 19.9 Å². The molecule has 0 radical (unpaired) electrons. The number of hydrogen-bond donors (Lipinski definition) is 0. The molecule has 1 saturated heterocycles. The normalized spacial score (nSPS) is 22.0. The molecule has 0 saturated carbocycles. The first-order valence-corrected chi connectivity index (χ1v) is 7.39. The molecule has 1 aromatic carbocycles. The SMILES string of the molecule is COC(=O)C1=NN(C(C)=O)[C@H]2C(=O)N(c3ccc(OC)cc3)C(=O)[C@H]12. The van der Waals surface area contributed by atoms with Gasteiger partial charge in [-0.1, -0.05) is 0 Å². The highest BCUT2D eigenvalue weighted by Gasteiger charge is 2.59. The third-order valence-electron chi connectivity index (χ3n) is 4.10. The first kappa shape index (κ1) is 16.6. The predicted octanol–water partition coefficient (Wildman–Crippen LogP) is -0.0557. The van der Waals surface area contributed by atoms with E-state index in [1.54, 1.807) is 24.3 Å². The number of imide groups is 1. The van der Waals surface area contributed by atoms with Crippen LogP contribution in [0.2, 0.25) is 0 Å². The average Bonchev–Trinajstić information content (AvgIpc) is 3.12. The Morgan fingerprint density at radius 2 is 1.72 bits per heavy atom. The number of nitrogens with zero attached hydrogens (tertiary/aromatic N) is 3. The molecule has 2 aliphatic rings. The lowest BCUT2D eigenvalue weighted by molar-refractivity contribution is -0.136. The van der Waals surface area contributed by atoms with Crippen molar-refractivity contribution < 1.29 is 28.7 Å². The summed E-state index contributed by atoms with van der Waals surface area (Å²) in [5.41, 5.74) is 0.0648. The number of hydrazone groups is 1. The lowest BCUT2D eigenvalue weighted by Crippen LogP contribution is -2.41. The zero-order valence-corrected chi connectivity index (χ0v) is 13.8. The van der Waals surface area contributed by atoms with Gasteiger partial charge in [0, 0.05) is 6.92 Å². The van der Waals surface area contributed by atoms with Gasteiger partial charge in [-0.3, -0.25) is 14.4 Å². The van der Waals surface area contributed by atoms with E-state index in [0.717, 1.165) is 17.0 Å². The zero-order valence-electron chi connectivity index (χ0n) is 13.8. The van der Waals surface area contributed by atoms with Crippen LogP contribution < -0.4 is 9.64 Å². The molecule has 3 rings (SSSR count). The highest BCUT2D eigenvalue weighted by molar-refractivity contribution is 6.47. The van der Waals surface area contributed by atoms with Crippen molar-refractivity contribution in [2.45, 2.75) is 13.0 Å². The summed E-state index contributed by atoms with van der Waals surface area (Å²) in [4.78, 5) is 50.2. The Hall–Kier alpha value is -3.23. The second kappa shape index (κ2) is 6.00. The van der Waals surface area contributed by atoms with Crippen LogP contribution in [0.5, 0.6) is 5.75 Å². The number of anilines is 1. The summed E-state index contributed by atoms with van der Waals surface area (Å²) in [6, 6.07) is 5.11. The fourth-order valence-electron chi connectivity index (χ4n) is 2.93. The molecule has 0 unspecified atom stereocenters. The van der Waals surface area contributed by atoms with Crippen LogP contribution in [0.4, 0.5) is 5.69 Å². The van der Waals surface area contributed by atoms with Crippen LogP contribution in [0, 0.1) is 5.92 Å². The van der Waals surface area contributed by atoms with Crippen molar-refractivity contribution >= 4 is 35.1 Å². The van der Waals surface area contributed by atoms with Gasteiger partial charge < -0.3 is 9.47 Å². The second-order valence-corrected chi connectivity index (χ2v) is 5.47. The number of esters is 1. The van der Waals surface area contributed by atoms with E-state index in [1.165, 1.54) is 14.0 Å². The van der Waals surface area contributed by atoms with E-state index in [0.29, 0.717) is 11.4 Å². The maximum atomic E-state index is 12.8. The number of amides is 3. The molecule has 25 heavy (non-hydrogen) atoms. The molecule has 2 aliphatic heterocycles. The molecule has 9 heteroatoms. The van der Waals surface area contributed by atoms with Crippen molar-refractivity contribution in [3.05, 3.63) is 24.3 Å². The standard InChI is InChI=1S/C16H15N3O6/c1-8(20)19-13-11(12(17-19)16(23)25-3)14(21)18(15(13)22)9-4-6-10(24-2)7-5-9/h4-7,11,13H,1-3H3/t11-,13-/m1/s1. The van der Waals surface area contributed by atoms with Gasteiger partial charge in [-0.25, -0.2) is 14.7 Å². The van der Waals surface area contributed by atoms with E-state index < -0.39 is 35.7 Å². The van der Waals surface area contributed by atoms with Gasteiger partial charge >= 0.3 is 5.97 Å². The number of rotatable bonds is 3. The van der Waals surface area contributed by atoms with Crippen LogP contribution in [-0.2, 0) is 23.9 Å². The summed E-state index contributed by atoms with van der Waals surface area (Å²) < 4.78 is 9.67. The molecule has 130 valence electrons. The summed E-state index contributed by atoms with van der Waals surface area (Å²) in [5.74, 6) is -3.27. The minimum Gasteiger partial charge on any atom is -0.497 e. The quantitative estimate of drug-likeness (QED) is 0.561. The van der Waals surface area contributed by atoms with Crippen molar-refractivity contribution in [3.63, 3.8) is 0 Å². The number of fused-ring (bicyclic) bond motifs is 1. The van der Waals surface area contributed by atoms with E-state index in [1.807, 2.05) is 0 Å². The van der Waals surface area contributed by atoms with Crippen LogP contribution in [0.3, 0.4) is 0 Å². The molecular weight excluding hydrogens is 330 g/mol. The predicted molar refractivity (Wildman–Crippen MR) is 84.7 cm³/mol. The van der Waals surface area contributed by atoms with E-state index in [4.69, 9.17) is 4.74 Å². The van der Waals surface area contributed by atoms with Crippen LogP contribution in [0.25, 0.3) is 0 Å². The Morgan fingerprint density at radius 3 is 2.24 bits per heavy atom. The van der Waals surface area contributed by atoms with Crippen molar-refractivity contribution in [1.82, 2.24) is 5.01 Å². The molecule has 1 fully saturated rings. The van der Waals surface area contributed by atoms with Crippen LogP contribution in [-0.4, -0.2) is 54.7 Å². The van der Waals surface area contributed by atoms with E-state index in [-0.39, 0.29) is 5.71 Å². The fourth-order valence-corrected chi connectivity index (χ4v) is 2.93. The van der Waals surface area contributed by atoms with E-state index in [9.17, 15) is 19.2 Å². The topological polar surface area (TPSA) is 106 Å². The molecule has 3 amide bonds. The van der Waals surface area contributed by atoms with Gasteiger partial charge in [-0.15, -0.1) is 0 Å². The first-order valence-electron chi connectivity index (χ1n) is 7.39. The van der Waals surface area contributed by atoms with Gasteiger partial charge in [0.2, 0.25) is 11.8 Å². The molecule has 0 bridgehead atoms. The molecule has 9 nitrogen and oxygen atoms in total. The molecule has 2 heterocycles. The van der Waals surface area contributed by atoms with Crippen molar-refractivity contribution in [3.8, 4) is 5.75 Å². The number of carbonyl (C=O) groups excluding carboxylic acids is 4. The van der Waals surface area contributed by atoms with Gasteiger partial charge in [0.25, 0.3) is 5.91 Å². The number of hydrogen-bond acceptors (Lipinski definition) is 7. The van der Waals surface area contributed by atoms with E-state index in [2.05, 4.69) is 9.84 Å². The summed E-state index contributed by atoms with van der Waals surface area (Å²) in [6.07, 6.45) is 0. The Morgan fingerprint density at radius 1 is 1.08 bits per heavy atom. The molecular formula is C16H15N3O6. The smallest absolute Gasteiger partial charge is 0.355 e. The zero-order chi connectivity index (χ0) is 18.3. The third-order valence-corrected chi connectivity index (χ3v) is 4.10. The lowest BCUT2D eigenvalue weighted by Gasteiger charge is -2.19. The summed E-state index contributed by atoms with van der Waals surface area (Å²) in [5, 5.41) is 4.70. The molecule has 0 spiro atoms. The monoisotopic (exact) mass is 345 g/mol. The maximum absolute atomic E-state index is 12.8. The Kier molecular flexibility index (Phi) is 3.99. The Balaban J connectivity index is 2.02. The highest BCUT2D eigenvalue weighted by atomic mass is 16.5. The van der Waals surface area contributed by atoms with Gasteiger partial charge in [-0.2, -0.15) is 5.10 Å². The number of carbonyl (C=O) groups is 4. The summed E-state index contributed by atoms with van der Waals surface area (Å²) in [7, 11) is 2.63. The minimum absolute atomic E-state index is 0.253. The van der Waals surface area contributed by atoms with Crippen LogP contribution in [0.1, 0.15) is 6.92 Å². The molecule has 0 N–H and O–H groups in total. The van der Waals surface area contributed by atoms with Crippen molar-refractivity contribution in [2.75, 3.05) is 19.1 Å². The summed E-state index contributed by atoms with van der Waals surface area (Å²) >= 11 is 0. The molecule has 2 atom stereocenters. The molecule has 0 aromatic heterocycles. The highest BCUT2D eigenvalue weighted by Crippen LogP contribution is 2.35. The second-order valence-electron chi connectivity index (χ2n) is 5.47. The summed E-state index contributed by atoms with van der Waals surface area (Å²) in [6.45, 7) is 1.20. The van der Waals surface area contributed by atoms with E-state index >= 15 is 0 Å². The number of ether oxygens (including phenoxy) is 2. The molecule has 0 aliphatic carbocycles. The molecule has 1 aromatic rings. The van der Waals surface area contributed by atoms with Gasteiger partial charge in [-0.05, 0) is 24.3 Å². The number of methoxy groups -OCH3 is 2. The first-order chi connectivity index (χ1) is 11.9. The van der Waals surface area contributed by atoms with Crippen LogP contribution >= 0.6 is 0 Å². The van der Waals surface area contributed by atoms with Gasteiger partial charge in [0.1, 0.15) is 11.7 Å². The average molecular weight is 345 g/mol. The Bertz CT molecular complexity index is 801. The maximum Gasteiger partial charge on any atom is 0.355 e. The van der Waals surface area contributed by atoms with Gasteiger partial charge in [0.15, 0.2) is 11.8 Å². The fraction of sp³-hybridized carbons (Fsp3) is 0.312. The third kappa shape index (κ3) is 2.44. The minimum atomic E-state index is -1.18. The lowest BCUT2D eigenvalue weighted by atomic mass is 9.98. The number of benzene rings is 1. The van der Waals surface area contributed by atoms with Crippen molar-refractivity contribution in [2.24, 2.45) is 11.0 Å².